The molecule has 0 amide bonds. The summed E-state index contributed by atoms with van der Waals surface area (Å²) in [6.07, 6.45) is 7.37. The van der Waals surface area contributed by atoms with E-state index in [0.29, 0.717) is 0 Å². The molecule has 1 N–H and O–H groups in total. The number of rotatable bonds is 4. The fourth-order valence-corrected chi connectivity index (χ4v) is 2.11. The molecule has 0 bridgehead atoms. The lowest BCUT2D eigenvalue weighted by Crippen LogP contribution is -2.52. The van der Waals surface area contributed by atoms with E-state index in [1.165, 1.54) is 24.8 Å². The third kappa shape index (κ3) is 2.07. The number of hydrogen-bond acceptors (Lipinski definition) is 2. The molecular weight excluding hydrogens is 196 g/mol. The molecule has 1 fully saturated rings. The van der Waals surface area contributed by atoms with E-state index in [0.717, 1.165) is 12.4 Å². The molecule has 0 aliphatic heterocycles. The SMILES string of the molecule is ClCC1(NCc2ccncc2)CCC1. The van der Waals surface area contributed by atoms with Gasteiger partial charge in [-0.2, -0.15) is 0 Å². The Balaban J connectivity index is 1.88. The molecule has 2 nitrogen and oxygen atoms in total. The van der Waals surface area contributed by atoms with Crippen molar-refractivity contribution >= 4 is 11.6 Å². The van der Waals surface area contributed by atoms with Crippen LogP contribution in [0.5, 0.6) is 0 Å². The predicted octanol–water partition coefficient (Wildman–Crippen LogP) is 2.33. The molecule has 1 saturated carbocycles. The van der Waals surface area contributed by atoms with E-state index in [9.17, 15) is 0 Å². The standard InChI is InChI=1S/C11H15ClN2/c12-9-11(4-1-5-11)14-8-10-2-6-13-7-3-10/h2-3,6-7,14H,1,4-5,8-9H2. The number of nitrogens with one attached hydrogen (secondary N) is 1. The Kier molecular flexibility index (Phi) is 3.04. The van der Waals surface area contributed by atoms with Gasteiger partial charge < -0.3 is 5.32 Å². The first kappa shape index (κ1) is 9.94. The van der Waals surface area contributed by atoms with Crippen LogP contribution in [-0.4, -0.2) is 16.4 Å². The van der Waals surface area contributed by atoms with Gasteiger partial charge in [0.2, 0.25) is 0 Å². The molecule has 1 aromatic rings. The van der Waals surface area contributed by atoms with Crippen LogP contribution in [0.3, 0.4) is 0 Å². The number of halogens is 1. The number of hydrogen-bond donors (Lipinski definition) is 1. The van der Waals surface area contributed by atoms with Crippen LogP contribution in [0, 0.1) is 0 Å². The third-order valence-electron chi connectivity index (χ3n) is 2.98. The summed E-state index contributed by atoms with van der Waals surface area (Å²) >= 11 is 5.95. The van der Waals surface area contributed by atoms with E-state index in [2.05, 4.69) is 10.3 Å². The molecule has 2 rings (SSSR count). The molecule has 3 heteroatoms. The van der Waals surface area contributed by atoms with Crippen LogP contribution in [0.1, 0.15) is 24.8 Å². The largest absolute Gasteiger partial charge is 0.306 e. The van der Waals surface area contributed by atoms with Gasteiger partial charge in [-0.3, -0.25) is 4.98 Å². The zero-order valence-corrected chi connectivity index (χ0v) is 8.93. The van der Waals surface area contributed by atoms with Gasteiger partial charge >= 0.3 is 0 Å². The summed E-state index contributed by atoms with van der Waals surface area (Å²) in [7, 11) is 0. The van der Waals surface area contributed by atoms with Crippen LogP contribution in [0.4, 0.5) is 0 Å². The van der Waals surface area contributed by atoms with Crippen LogP contribution in [-0.2, 0) is 6.54 Å². The lowest BCUT2D eigenvalue weighted by Gasteiger charge is -2.41. The van der Waals surface area contributed by atoms with Crippen LogP contribution in [0.2, 0.25) is 0 Å². The van der Waals surface area contributed by atoms with E-state index < -0.39 is 0 Å². The number of nitrogens with zero attached hydrogens (tertiary/aromatic N) is 1. The summed E-state index contributed by atoms with van der Waals surface area (Å²) in [4.78, 5) is 3.99. The lowest BCUT2D eigenvalue weighted by molar-refractivity contribution is 0.211. The molecule has 0 radical (unpaired) electrons. The normalized spacial score (nSPS) is 18.9. The topological polar surface area (TPSA) is 24.9 Å². The minimum Gasteiger partial charge on any atom is -0.306 e. The van der Waals surface area contributed by atoms with Gasteiger partial charge in [0, 0.05) is 30.4 Å². The Morgan fingerprint density at radius 3 is 2.57 bits per heavy atom. The van der Waals surface area contributed by atoms with Crippen molar-refractivity contribution in [3.05, 3.63) is 30.1 Å². The van der Waals surface area contributed by atoms with Gasteiger partial charge in [0.25, 0.3) is 0 Å². The molecule has 0 atom stereocenters. The summed E-state index contributed by atoms with van der Waals surface area (Å²) in [5, 5.41) is 3.54. The Labute approximate surface area is 89.7 Å². The fraction of sp³-hybridized carbons (Fsp3) is 0.545. The maximum absolute atomic E-state index is 5.95. The van der Waals surface area contributed by atoms with Gasteiger partial charge in [-0.15, -0.1) is 11.6 Å². The maximum atomic E-state index is 5.95. The van der Waals surface area contributed by atoms with Crippen molar-refractivity contribution in [1.29, 1.82) is 0 Å². The predicted molar refractivity (Wildman–Crippen MR) is 58.4 cm³/mol. The van der Waals surface area contributed by atoms with Gasteiger partial charge in [0.15, 0.2) is 0 Å². The first-order valence-electron chi connectivity index (χ1n) is 5.05. The van der Waals surface area contributed by atoms with Crippen LogP contribution in [0.25, 0.3) is 0 Å². The summed E-state index contributed by atoms with van der Waals surface area (Å²) in [5.41, 5.74) is 1.49. The summed E-state index contributed by atoms with van der Waals surface area (Å²) in [6.45, 7) is 0.898. The molecule has 0 unspecified atom stereocenters. The van der Waals surface area contributed by atoms with Gasteiger partial charge in [0.1, 0.15) is 0 Å². The van der Waals surface area contributed by atoms with E-state index in [-0.39, 0.29) is 5.54 Å². The highest BCUT2D eigenvalue weighted by Gasteiger charge is 2.35. The average molecular weight is 211 g/mol. The highest BCUT2D eigenvalue weighted by Crippen LogP contribution is 2.33. The monoisotopic (exact) mass is 210 g/mol. The van der Waals surface area contributed by atoms with Crippen LogP contribution in [0.15, 0.2) is 24.5 Å². The molecule has 0 spiro atoms. The molecule has 14 heavy (non-hydrogen) atoms. The molecule has 0 aromatic carbocycles. The van der Waals surface area contributed by atoms with Crippen LogP contribution >= 0.6 is 11.6 Å². The minimum absolute atomic E-state index is 0.213. The Morgan fingerprint density at radius 2 is 2.07 bits per heavy atom. The van der Waals surface area contributed by atoms with Crippen molar-refractivity contribution in [2.75, 3.05) is 5.88 Å². The minimum atomic E-state index is 0.213. The van der Waals surface area contributed by atoms with Crippen LogP contribution < -0.4 is 5.32 Å². The smallest absolute Gasteiger partial charge is 0.0406 e. The highest BCUT2D eigenvalue weighted by atomic mass is 35.5. The molecule has 1 heterocycles. The third-order valence-corrected chi connectivity index (χ3v) is 3.49. The Bertz CT molecular complexity index is 277. The molecular formula is C11H15ClN2. The second-order valence-corrected chi connectivity index (χ2v) is 4.24. The Morgan fingerprint density at radius 1 is 1.36 bits per heavy atom. The fourth-order valence-electron chi connectivity index (χ4n) is 1.75. The van der Waals surface area contributed by atoms with Gasteiger partial charge in [-0.1, -0.05) is 0 Å². The van der Waals surface area contributed by atoms with Gasteiger partial charge in [0.05, 0.1) is 0 Å². The summed E-state index contributed by atoms with van der Waals surface area (Å²) < 4.78 is 0. The number of pyridine rings is 1. The highest BCUT2D eigenvalue weighted by molar-refractivity contribution is 6.18. The van der Waals surface area contributed by atoms with E-state index in [1.54, 1.807) is 0 Å². The van der Waals surface area contributed by atoms with E-state index in [4.69, 9.17) is 11.6 Å². The molecule has 1 aliphatic carbocycles. The molecule has 76 valence electrons. The van der Waals surface area contributed by atoms with Crippen molar-refractivity contribution in [2.24, 2.45) is 0 Å². The van der Waals surface area contributed by atoms with Crippen molar-refractivity contribution in [2.45, 2.75) is 31.3 Å². The second-order valence-electron chi connectivity index (χ2n) is 3.98. The average Bonchev–Trinajstić information content (AvgIpc) is 2.19. The zero-order valence-electron chi connectivity index (χ0n) is 8.17. The first-order valence-corrected chi connectivity index (χ1v) is 5.58. The van der Waals surface area contributed by atoms with Crippen molar-refractivity contribution in [3.8, 4) is 0 Å². The number of aromatic nitrogens is 1. The van der Waals surface area contributed by atoms with Gasteiger partial charge in [-0.25, -0.2) is 0 Å². The zero-order chi connectivity index (χ0) is 9.86. The molecule has 1 aliphatic rings. The molecule has 1 aromatic heterocycles. The summed E-state index contributed by atoms with van der Waals surface area (Å²) in [6, 6.07) is 4.07. The lowest BCUT2D eigenvalue weighted by atomic mass is 9.78. The Hall–Kier alpha value is -0.600. The van der Waals surface area contributed by atoms with Crippen molar-refractivity contribution < 1.29 is 0 Å². The van der Waals surface area contributed by atoms with Crippen molar-refractivity contribution in [1.82, 2.24) is 10.3 Å². The van der Waals surface area contributed by atoms with E-state index in [1.807, 2.05) is 24.5 Å². The quantitative estimate of drug-likeness (QED) is 0.772. The number of alkyl halides is 1. The van der Waals surface area contributed by atoms with Crippen molar-refractivity contribution in [3.63, 3.8) is 0 Å². The second kappa shape index (κ2) is 4.28. The maximum Gasteiger partial charge on any atom is 0.0406 e. The first-order chi connectivity index (χ1) is 6.85. The molecule has 0 saturated heterocycles. The van der Waals surface area contributed by atoms with Gasteiger partial charge in [-0.05, 0) is 37.0 Å². The summed E-state index contributed by atoms with van der Waals surface area (Å²) in [5.74, 6) is 0.720. The van der Waals surface area contributed by atoms with E-state index >= 15 is 0 Å².